The van der Waals surface area contributed by atoms with E-state index >= 15 is 0 Å². The maximum absolute atomic E-state index is 9.00. The van der Waals surface area contributed by atoms with E-state index in [1.54, 1.807) is 0 Å². The molecule has 0 atom stereocenters. The van der Waals surface area contributed by atoms with Gasteiger partial charge in [0.1, 0.15) is 0 Å². The Morgan fingerprint density at radius 1 is 1.18 bits per heavy atom. The molecular formula is C12H19Cl2O2Ti. The number of hydrogen-bond acceptors (Lipinski definition) is 1. The molecule has 0 fully saturated rings. The van der Waals surface area contributed by atoms with Crippen LogP contribution in [-0.2, 0) is 26.5 Å². The van der Waals surface area contributed by atoms with Crippen molar-refractivity contribution in [1.29, 1.82) is 0 Å². The average molecular weight is 314 g/mol. The minimum Gasteiger partial charge on any atom is -1.00 e. The van der Waals surface area contributed by atoms with E-state index < -0.39 is 5.97 Å². The van der Waals surface area contributed by atoms with Crippen LogP contribution in [0.25, 0.3) is 0 Å². The van der Waals surface area contributed by atoms with Gasteiger partial charge in [0, 0.05) is 6.92 Å². The first-order valence-electron chi connectivity index (χ1n) is 4.68. The molecule has 0 aromatic rings. The molecule has 1 rings (SSSR count). The van der Waals surface area contributed by atoms with Crippen molar-refractivity contribution in [3.8, 4) is 0 Å². The SMILES string of the molecule is CC(=O)O.CC1=[C-]C(C)(C)C(C)=C1C.[Cl-].[Cl-].[Ti+3]. The van der Waals surface area contributed by atoms with Crippen molar-refractivity contribution in [2.45, 2.75) is 41.5 Å². The molecular weight excluding hydrogens is 295 g/mol. The van der Waals surface area contributed by atoms with Crippen LogP contribution in [0.5, 0.6) is 0 Å². The molecule has 5 heteroatoms. The number of carboxylic acid groups (broad SMARTS) is 1. The Kier molecular flexibility index (Phi) is 15.6. The van der Waals surface area contributed by atoms with Gasteiger partial charge in [-0.1, -0.05) is 33.1 Å². The van der Waals surface area contributed by atoms with Gasteiger partial charge in [0.2, 0.25) is 0 Å². The fourth-order valence-electron chi connectivity index (χ4n) is 1.41. The number of hydrogen-bond donors (Lipinski definition) is 1. The topological polar surface area (TPSA) is 37.3 Å². The van der Waals surface area contributed by atoms with Gasteiger partial charge in [-0.3, -0.25) is 10.9 Å². The Morgan fingerprint density at radius 2 is 1.47 bits per heavy atom. The molecule has 0 saturated carbocycles. The molecule has 0 aliphatic heterocycles. The first-order valence-corrected chi connectivity index (χ1v) is 4.68. The van der Waals surface area contributed by atoms with Crippen molar-refractivity contribution < 1.29 is 56.4 Å². The molecule has 0 spiro atoms. The van der Waals surface area contributed by atoms with E-state index in [4.69, 9.17) is 9.90 Å². The van der Waals surface area contributed by atoms with Gasteiger partial charge in [-0.05, 0) is 0 Å². The molecule has 1 N–H and O–H groups in total. The van der Waals surface area contributed by atoms with E-state index in [0.29, 0.717) is 0 Å². The molecule has 17 heavy (non-hydrogen) atoms. The number of allylic oxidation sites excluding steroid dienone is 4. The largest absolute Gasteiger partial charge is 3.00 e. The van der Waals surface area contributed by atoms with E-state index in [9.17, 15) is 0 Å². The van der Waals surface area contributed by atoms with Crippen LogP contribution in [0.4, 0.5) is 0 Å². The normalized spacial score (nSPS) is 15.3. The van der Waals surface area contributed by atoms with Gasteiger partial charge in [0.25, 0.3) is 5.97 Å². The maximum Gasteiger partial charge on any atom is 3.00 e. The van der Waals surface area contributed by atoms with E-state index in [2.05, 4.69) is 40.7 Å². The molecule has 1 radical (unpaired) electrons. The Balaban J connectivity index is -0.000000108. The van der Waals surface area contributed by atoms with Gasteiger partial charge < -0.3 is 29.9 Å². The number of carboxylic acids is 1. The van der Waals surface area contributed by atoms with Crippen molar-refractivity contribution in [1.82, 2.24) is 0 Å². The molecule has 0 amide bonds. The van der Waals surface area contributed by atoms with Gasteiger partial charge in [-0.15, -0.1) is 6.92 Å². The van der Waals surface area contributed by atoms with E-state index in [-0.39, 0.29) is 51.9 Å². The van der Waals surface area contributed by atoms with Gasteiger partial charge >= 0.3 is 21.7 Å². The average Bonchev–Trinajstić information content (AvgIpc) is 2.13. The molecule has 0 heterocycles. The van der Waals surface area contributed by atoms with Gasteiger partial charge in [0.15, 0.2) is 0 Å². The van der Waals surface area contributed by atoms with Crippen LogP contribution in [-0.4, -0.2) is 11.1 Å². The number of aliphatic carboxylic acids is 1. The molecule has 1 aliphatic rings. The van der Waals surface area contributed by atoms with Gasteiger partial charge in [0.05, 0.1) is 0 Å². The summed E-state index contributed by atoms with van der Waals surface area (Å²) in [5, 5.41) is 7.42. The Bertz CT molecular complexity index is 304. The first kappa shape index (κ1) is 25.9. The fraction of sp³-hybridized carbons (Fsp3) is 0.583. The predicted octanol–water partition coefficient (Wildman–Crippen LogP) is -2.79. The zero-order chi connectivity index (χ0) is 11.5. The summed E-state index contributed by atoms with van der Waals surface area (Å²) >= 11 is 0. The van der Waals surface area contributed by atoms with Gasteiger partial charge in [-0.2, -0.15) is 11.1 Å². The molecule has 0 bridgehead atoms. The molecule has 0 unspecified atom stereocenters. The summed E-state index contributed by atoms with van der Waals surface area (Å²) < 4.78 is 0. The molecule has 97 valence electrons. The molecule has 0 saturated heterocycles. The fourth-order valence-corrected chi connectivity index (χ4v) is 1.41. The van der Waals surface area contributed by atoms with Crippen LogP contribution >= 0.6 is 0 Å². The smallest absolute Gasteiger partial charge is 1.00 e. The van der Waals surface area contributed by atoms with Crippen LogP contribution in [0.1, 0.15) is 41.5 Å². The molecule has 0 aromatic heterocycles. The van der Waals surface area contributed by atoms with Crippen molar-refractivity contribution in [2.24, 2.45) is 5.41 Å². The van der Waals surface area contributed by atoms with Crippen LogP contribution in [0, 0.1) is 11.5 Å². The van der Waals surface area contributed by atoms with E-state index in [0.717, 1.165) is 6.92 Å². The minimum atomic E-state index is -0.833. The molecule has 0 aromatic carbocycles. The third kappa shape index (κ3) is 8.90. The first-order chi connectivity index (χ1) is 6.18. The third-order valence-electron chi connectivity index (χ3n) is 2.56. The van der Waals surface area contributed by atoms with Crippen molar-refractivity contribution >= 4 is 5.97 Å². The van der Waals surface area contributed by atoms with Crippen LogP contribution in [0.3, 0.4) is 0 Å². The van der Waals surface area contributed by atoms with Crippen LogP contribution in [0.2, 0.25) is 0 Å². The number of halogens is 2. The maximum atomic E-state index is 9.00. The minimum absolute atomic E-state index is 0. The Morgan fingerprint density at radius 3 is 1.53 bits per heavy atom. The zero-order valence-corrected chi connectivity index (χ0v) is 14.2. The monoisotopic (exact) mass is 313 g/mol. The number of rotatable bonds is 0. The standard InChI is InChI=1S/C10H15.C2H4O2.2ClH.Ti/c1-7-6-10(4,5)9(3)8(7)2;1-2(3)4;;;/h1-5H3;1H3,(H,3,4);2*1H;/q-1;;;;+3/p-2. The summed E-state index contributed by atoms with van der Waals surface area (Å²) in [4.78, 5) is 9.00. The summed E-state index contributed by atoms with van der Waals surface area (Å²) in [6.45, 7) is 12.0. The van der Waals surface area contributed by atoms with Crippen molar-refractivity contribution in [2.75, 3.05) is 0 Å². The molecule has 2 nitrogen and oxygen atoms in total. The second-order valence-corrected chi connectivity index (χ2v) is 4.14. The quantitative estimate of drug-likeness (QED) is 0.388. The van der Waals surface area contributed by atoms with E-state index in [1.165, 1.54) is 16.7 Å². The van der Waals surface area contributed by atoms with Crippen molar-refractivity contribution in [3.63, 3.8) is 0 Å². The predicted molar refractivity (Wildman–Crippen MR) is 57.9 cm³/mol. The van der Waals surface area contributed by atoms with E-state index in [1.807, 2.05) is 0 Å². The van der Waals surface area contributed by atoms with Crippen LogP contribution in [0.15, 0.2) is 16.7 Å². The summed E-state index contributed by atoms with van der Waals surface area (Å²) in [7, 11) is 0. The number of carbonyl (C=O) groups is 1. The third-order valence-corrected chi connectivity index (χ3v) is 2.56. The summed E-state index contributed by atoms with van der Waals surface area (Å²) in [5.41, 5.74) is 4.39. The summed E-state index contributed by atoms with van der Waals surface area (Å²) in [6.07, 6.45) is 3.44. The second kappa shape index (κ2) is 10.2. The second-order valence-electron chi connectivity index (χ2n) is 4.14. The van der Waals surface area contributed by atoms with Crippen LogP contribution < -0.4 is 24.8 Å². The Hall–Kier alpha value is 0.244. The van der Waals surface area contributed by atoms with Crippen molar-refractivity contribution in [3.05, 3.63) is 22.8 Å². The summed E-state index contributed by atoms with van der Waals surface area (Å²) in [6, 6.07) is 0. The Labute approximate surface area is 132 Å². The zero-order valence-electron chi connectivity index (χ0n) is 11.1. The van der Waals surface area contributed by atoms with Gasteiger partial charge in [-0.25, -0.2) is 5.57 Å². The summed E-state index contributed by atoms with van der Waals surface area (Å²) in [5.74, 6) is -0.833. The molecule has 1 aliphatic carbocycles.